The Bertz CT molecular complexity index is 393. The van der Waals surface area contributed by atoms with Crippen LogP contribution < -0.4 is 4.57 Å². The van der Waals surface area contributed by atoms with Gasteiger partial charge in [0, 0.05) is 24.3 Å². The van der Waals surface area contributed by atoms with E-state index >= 15 is 0 Å². The predicted molar refractivity (Wildman–Crippen MR) is 52.7 cm³/mol. The lowest BCUT2D eigenvalue weighted by atomic mass is 10.2. The molecule has 1 aromatic heterocycles. The summed E-state index contributed by atoms with van der Waals surface area (Å²) < 4.78 is 2.10. The van der Waals surface area contributed by atoms with Crippen LogP contribution in [0.4, 0.5) is 0 Å². The van der Waals surface area contributed by atoms with Crippen LogP contribution in [0.15, 0.2) is 54.9 Å². The Labute approximate surface area is 78.3 Å². The third kappa shape index (κ3) is 1.75. The fraction of sp³-hybridized carbons (Fsp3) is 0.0833. The minimum absolute atomic E-state index is 1.21. The van der Waals surface area contributed by atoms with Crippen molar-refractivity contribution in [3.05, 3.63) is 60.4 Å². The Balaban J connectivity index is 2.48. The highest BCUT2D eigenvalue weighted by Gasteiger charge is 2.01. The summed E-state index contributed by atoms with van der Waals surface area (Å²) in [6, 6.07) is 14.5. The van der Waals surface area contributed by atoms with E-state index in [0.717, 1.165) is 0 Å². The highest BCUT2D eigenvalue weighted by Crippen LogP contribution is 2.02. The standard InChI is InChI=1S/C12H12N/c1-11-6-5-7-12(10-11)13-8-3-2-4-9-13/h2-10H,1H3/q+1. The highest BCUT2D eigenvalue weighted by atomic mass is 14.9. The largest absolute Gasteiger partial charge is 0.210 e. The Morgan fingerprint density at radius 3 is 2.38 bits per heavy atom. The van der Waals surface area contributed by atoms with E-state index in [-0.39, 0.29) is 0 Å². The van der Waals surface area contributed by atoms with Gasteiger partial charge in [-0.3, -0.25) is 0 Å². The summed E-state index contributed by atoms with van der Waals surface area (Å²) in [5.74, 6) is 0. The van der Waals surface area contributed by atoms with Gasteiger partial charge in [0.1, 0.15) is 0 Å². The monoisotopic (exact) mass is 170 g/mol. The van der Waals surface area contributed by atoms with Crippen LogP contribution in [0.1, 0.15) is 5.56 Å². The zero-order chi connectivity index (χ0) is 9.10. The molecular formula is C12H12N+. The lowest BCUT2D eigenvalue weighted by Gasteiger charge is -1.95. The number of hydrogen-bond acceptors (Lipinski definition) is 0. The van der Waals surface area contributed by atoms with Crippen molar-refractivity contribution in [3.8, 4) is 5.69 Å². The van der Waals surface area contributed by atoms with Crippen LogP contribution in [0, 0.1) is 6.92 Å². The minimum Gasteiger partial charge on any atom is -0.167 e. The predicted octanol–water partition coefficient (Wildman–Crippen LogP) is 2.27. The molecule has 1 heterocycles. The summed E-state index contributed by atoms with van der Waals surface area (Å²) in [5.41, 5.74) is 2.49. The fourth-order valence-corrected chi connectivity index (χ4v) is 1.36. The SMILES string of the molecule is Cc1cccc(-[n+]2ccccc2)c1. The Morgan fingerprint density at radius 1 is 0.923 bits per heavy atom. The smallest absolute Gasteiger partial charge is 0.167 e. The van der Waals surface area contributed by atoms with Crippen LogP contribution in [0.2, 0.25) is 0 Å². The van der Waals surface area contributed by atoms with Crippen LogP contribution in [0.5, 0.6) is 0 Å². The first kappa shape index (κ1) is 7.99. The van der Waals surface area contributed by atoms with Crippen molar-refractivity contribution in [3.63, 3.8) is 0 Å². The Kier molecular flexibility index (Phi) is 2.09. The van der Waals surface area contributed by atoms with Crippen LogP contribution in [0.25, 0.3) is 5.69 Å². The molecule has 0 aliphatic rings. The third-order valence-corrected chi connectivity index (χ3v) is 2.02. The number of pyridine rings is 1. The molecule has 1 aromatic carbocycles. The molecule has 2 rings (SSSR count). The highest BCUT2D eigenvalue weighted by molar-refractivity contribution is 5.27. The fourth-order valence-electron chi connectivity index (χ4n) is 1.36. The first-order valence-electron chi connectivity index (χ1n) is 4.39. The molecule has 0 atom stereocenters. The summed E-state index contributed by atoms with van der Waals surface area (Å²) in [6.45, 7) is 2.10. The molecule has 0 aliphatic carbocycles. The van der Waals surface area contributed by atoms with Crippen LogP contribution >= 0.6 is 0 Å². The molecule has 64 valence electrons. The van der Waals surface area contributed by atoms with E-state index < -0.39 is 0 Å². The molecule has 0 aliphatic heterocycles. The van der Waals surface area contributed by atoms with Gasteiger partial charge in [-0.25, -0.2) is 0 Å². The van der Waals surface area contributed by atoms with E-state index in [2.05, 4.69) is 48.1 Å². The number of aryl methyl sites for hydroxylation is 1. The van der Waals surface area contributed by atoms with Crippen LogP contribution in [0.3, 0.4) is 0 Å². The van der Waals surface area contributed by atoms with E-state index in [9.17, 15) is 0 Å². The van der Waals surface area contributed by atoms with Gasteiger partial charge in [0.25, 0.3) is 0 Å². The van der Waals surface area contributed by atoms with E-state index in [1.807, 2.05) is 18.2 Å². The second-order valence-corrected chi connectivity index (χ2v) is 3.12. The molecule has 0 amide bonds. The molecule has 1 heteroatoms. The van der Waals surface area contributed by atoms with Crippen LogP contribution in [-0.2, 0) is 0 Å². The zero-order valence-electron chi connectivity index (χ0n) is 7.64. The molecule has 2 aromatic rings. The maximum atomic E-state index is 2.17. The van der Waals surface area contributed by atoms with Gasteiger partial charge in [0.15, 0.2) is 12.4 Å². The Hall–Kier alpha value is -1.63. The van der Waals surface area contributed by atoms with Gasteiger partial charge in [-0.1, -0.05) is 18.2 Å². The van der Waals surface area contributed by atoms with Crippen molar-refractivity contribution >= 4 is 0 Å². The molecule has 1 nitrogen and oxygen atoms in total. The van der Waals surface area contributed by atoms with Gasteiger partial charge in [0.2, 0.25) is 5.69 Å². The topological polar surface area (TPSA) is 3.88 Å². The molecule has 0 spiro atoms. The van der Waals surface area contributed by atoms with Gasteiger partial charge < -0.3 is 0 Å². The number of hydrogen-bond donors (Lipinski definition) is 0. The van der Waals surface area contributed by atoms with Crippen molar-refractivity contribution in [2.45, 2.75) is 6.92 Å². The van der Waals surface area contributed by atoms with Gasteiger partial charge in [-0.15, -0.1) is 0 Å². The van der Waals surface area contributed by atoms with E-state index in [4.69, 9.17) is 0 Å². The molecule has 0 bridgehead atoms. The summed E-state index contributed by atoms with van der Waals surface area (Å²) in [5, 5.41) is 0. The molecule has 0 saturated carbocycles. The second-order valence-electron chi connectivity index (χ2n) is 3.12. The maximum absolute atomic E-state index is 2.17. The molecule has 0 saturated heterocycles. The van der Waals surface area contributed by atoms with Crippen molar-refractivity contribution in [2.75, 3.05) is 0 Å². The lowest BCUT2D eigenvalue weighted by molar-refractivity contribution is -0.595. The minimum atomic E-state index is 1.21. The number of rotatable bonds is 1. The first-order valence-corrected chi connectivity index (χ1v) is 4.39. The molecule has 13 heavy (non-hydrogen) atoms. The molecule has 0 N–H and O–H groups in total. The number of aromatic nitrogens is 1. The average molecular weight is 170 g/mol. The molecule has 0 radical (unpaired) electrons. The Morgan fingerprint density at radius 2 is 1.69 bits per heavy atom. The average Bonchev–Trinajstić information content (AvgIpc) is 2.19. The zero-order valence-corrected chi connectivity index (χ0v) is 7.64. The van der Waals surface area contributed by atoms with Gasteiger partial charge in [0.05, 0.1) is 0 Å². The van der Waals surface area contributed by atoms with Crippen molar-refractivity contribution in [1.29, 1.82) is 0 Å². The lowest BCUT2D eigenvalue weighted by Crippen LogP contribution is -2.28. The van der Waals surface area contributed by atoms with Gasteiger partial charge in [-0.05, 0) is 12.5 Å². The van der Waals surface area contributed by atoms with Crippen LogP contribution in [-0.4, -0.2) is 0 Å². The van der Waals surface area contributed by atoms with Crippen molar-refractivity contribution in [1.82, 2.24) is 0 Å². The quantitative estimate of drug-likeness (QED) is 0.578. The third-order valence-electron chi connectivity index (χ3n) is 2.02. The van der Waals surface area contributed by atoms with Gasteiger partial charge >= 0.3 is 0 Å². The van der Waals surface area contributed by atoms with E-state index in [1.54, 1.807) is 0 Å². The number of benzene rings is 1. The normalized spacial score (nSPS) is 9.92. The molecule has 0 fully saturated rings. The summed E-state index contributed by atoms with van der Waals surface area (Å²) in [6.07, 6.45) is 4.10. The summed E-state index contributed by atoms with van der Waals surface area (Å²) in [7, 11) is 0. The van der Waals surface area contributed by atoms with Gasteiger partial charge in [-0.2, -0.15) is 4.57 Å². The molecular weight excluding hydrogens is 158 g/mol. The number of nitrogens with zero attached hydrogens (tertiary/aromatic N) is 1. The summed E-state index contributed by atoms with van der Waals surface area (Å²) in [4.78, 5) is 0. The van der Waals surface area contributed by atoms with Crippen molar-refractivity contribution < 1.29 is 4.57 Å². The van der Waals surface area contributed by atoms with E-state index in [1.165, 1.54) is 11.3 Å². The second kappa shape index (κ2) is 3.40. The maximum Gasteiger partial charge on any atom is 0.210 e. The van der Waals surface area contributed by atoms with E-state index in [0.29, 0.717) is 0 Å². The summed E-state index contributed by atoms with van der Waals surface area (Å²) >= 11 is 0. The first-order chi connectivity index (χ1) is 6.36. The molecule has 0 unspecified atom stereocenters. The van der Waals surface area contributed by atoms with Crippen molar-refractivity contribution in [2.24, 2.45) is 0 Å².